The molecule has 0 unspecified atom stereocenters. The predicted molar refractivity (Wildman–Crippen MR) is 124 cm³/mol. The summed E-state index contributed by atoms with van der Waals surface area (Å²) in [6.07, 6.45) is 0.804. The quantitative estimate of drug-likeness (QED) is 0.293. The van der Waals surface area contributed by atoms with Gasteiger partial charge in [-0.15, -0.1) is 24.0 Å². The highest BCUT2D eigenvalue weighted by molar-refractivity contribution is 14.0. The lowest BCUT2D eigenvalue weighted by atomic mass is 10.1. The molecular formula is C20H25ClFIN4O. The average molecular weight is 519 g/mol. The molecule has 2 aromatic rings. The highest BCUT2D eigenvalue weighted by Gasteiger charge is 2.07. The Labute approximate surface area is 187 Å². The monoisotopic (exact) mass is 518 g/mol. The minimum atomic E-state index is -0.214. The molecule has 3 N–H and O–H groups in total. The first kappa shape index (κ1) is 24.2. The van der Waals surface area contributed by atoms with Crippen LogP contribution in [0, 0.1) is 12.7 Å². The van der Waals surface area contributed by atoms with Crippen molar-refractivity contribution in [1.82, 2.24) is 10.6 Å². The van der Waals surface area contributed by atoms with Crippen molar-refractivity contribution in [3.63, 3.8) is 0 Å². The van der Waals surface area contributed by atoms with Crippen molar-refractivity contribution in [1.29, 1.82) is 0 Å². The third-order valence-corrected chi connectivity index (χ3v) is 4.22. The number of carbonyl (C=O) groups is 1. The Bertz CT molecular complexity index is 817. The van der Waals surface area contributed by atoms with E-state index in [2.05, 4.69) is 20.9 Å². The Balaban J connectivity index is 0.00000392. The second-order valence-corrected chi connectivity index (χ2v) is 6.46. The van der Waals surface area contributed by atoms with Gasteiger partial charge in [0.05, 0.1) is 10.7 Å². The van der Waals surface area contributed by atoms with Gasteiger partial charge in [-0.1, -0.05) is 35.9 Å². The second kappa shape index (κ2) is 12.6. The van der Waals surface area contributed by atoms with Crippen LogP contribution < -0.4 is 16.0 Å². The molecule has 2 rings (SSSR count). The molecule has 2 aromatic carbocycles. The van der Waals surface area contributed by atoms with E-state index in [1.807, 2.05) is 19.1 Å². The Kier molecular flexibility index (Phi) is 10.8. The molecule has 0 bridgehead atoms. The number of nitrogens with one attached hydrogen (secondary N) is 3. The van der Waals surface area contributed by atoms with E-state index in [-0.39, 0.29) is 42.1 Å². The summed E-state index contributed by atoms with van der Waals surface area (Å²) >= 11 is 6.11. The molecular weight excluding hydrogens is 494 g/mol. The molecule has 0 heterocycles. The van der Waals surface area contributed by atoms with E-state index in [9.17, 15) is 9.18 Å². The third-order valence-electron chi connectivity index (χ3n) is 3.91. The number of benzene rings is 2. The number of nitrogens with zero attached hydrogens (tertiary/aromatic N) is 1. The van der Waals surface area contributed by atoms with Gasteiger partial charge in [-0.05, 0) is 42.7 Å². The second-order valence-electron chi connectivity index (χ2n) is 6.05. The molecule has 0 radical (unpaired) electrons. The molecule has 152 valence electrons. The summed E-state index contributed by atoms with van der Waals surface area (Å²) in [6.45, 7) is 2.88. The number of anilines is 1. The van der Waals surface area contributed by atoms with E-state index in [1.165, 1.54) is 6.07 Å². The van der Waals surface area contributed by atoms with Crippen LogP contribution in [-0.4, -0.2) is 32.0 Å². The number of guanidine groups is 1. The summed E-state index contributed by atoms with van der Waals surface area (Å²) in [5, 5.41) is 9.47. The molecule has 0 spiro atoms. The van der Waals surface area contributed by atoms with Gasteiger partial charge in [0.15, 0.2) is 5.96 Å². The van der Waals surface area contributed by atoms with Gasteiger partial charge in [0.25, 0.3) is 0 Å². The normalized spacial score (nSPS) is 10.8. The van der Waals surface area contributed by atoms with Crippen LogP contribution in [0.5, 0.6) is 0 Å². The third kappa shape index (κ3) is 8.02. The minimum Gasteiger partial charge on any atom is -0.356 e. The van der Waals surface area contributed by atoms with Crippen molar-refractivity contribution in [2.24, 2.45) is 4.99 Å². The number of aryl methyl sites for hydroxylation is 1. The molecule has 0 atom stereocenters. The van der Waals surface area contributed by atoms with Crippen LogP contribution in [0.2, 0.25) is 5.02 Å². The Morgan fingerprint density at radius 1 is 1.14 bits per heavy atom. The number of carbonyl (C=O) groups excluding carboxylic acids is 1. The van der Waals surface area contributed by atoms with E-state index in [1.54, 1.807) is 31.3 Å². The smallest absolute Gasteiger partial charge is 0.226 e. The molecule has 0 aliphatic carbocycles. The number of aliphatic imine (C=N–C) groups is 1. The fourth-order valence-electron chi connectivity index (χ4n) is 2.47. The van der Waals surface area contributed by atoms with Crippen LogP contribution >= 0.6 is 35.6 Å². The lowest BCUT2D eigenvalue weighted by Gasteiger charge is -2.12. The fourth-order valence-corrected chi connectivity index (χ4v) is 2.75. The largest absolute Gasteiger partial charge is 0.356 e. The van der Waals surface area contributed by atoms with Crippen molar-refractivity contribution in [3.05, 3.63) is 64.4 Å². The zero-order valence-electron chi connectivity index (χ0n) is 15.9. The van der Waals surface area contributed by atoms with Gasteiger partial charge in [0.1, 0.15) is 5.82 Å². The maximum Gasteiger partial charge on any atom is 0.226 e. The Morgan fingerprint density at radius 2 is 1.86 bits per heavy atom. The molecule has 0 fully saturated rings. The molecule has 5 nitrogen and oxygen atoms in total. The van der Waals surface area contributed by atoms with Gasteiger partial charge in [-0.3, -0.25) is 9.79 Å². The first-order valence-electron chi connectivity index (χ1n) is 8.73. The molecule has 0 saturated heterocycles. The molecule has 0 aliphatic heterocycles. The summed E-state index contributed by atoms with van der Waals surface area (Å²) in [4.78, 5) is 16.1. The van der Waals surface area contributed by atoms with Crippen LogP contribution in [0.3, 0.4) is 0 Å². The van der Waals surface area contributed by atoms with Gasteiger partial charge in [0, 0.05) is 26.6 Å². The Morgan fingerprint density at radius 3 is 2.54 bits per heavy atom. The first-order valence-corrected chi connectivity index (χ1v) is 9.11. The van der Waals surface area contributed by atoms with Crippen LogP contribution in [0.15, 0.2) is 47.5 Å². The van der Waals surface area contributed by atoms with Crippen molar-refractivity contribution in [2.75, 3.05) is 25.5 Å². The number of rotatable bonds is 7. The molecule has 28 heavy (non-hydrogen) atoms. The van der Waals surface area contributed by atoms with E-state index in [4.69, 9.17) is 11.6 Å². The van der Waals surface area contributed by atoms with E-state index in [0.29, 0.717) is 41.7 Å². The van der Waals surface area contributed by atoms with Gasteiger partial charge < -0.3 is 16.0 Å². The lowest BCUT2D eigenvalue weighted by molar-refractivity contribution is -0.116. The van der Waals surface area contributed by atoms with Crippen LogP contribution in [0.4, 0.5) is 10.1 Å². The van der Waals surface area contributed by atoms with E-state index < -0.39 is 0 Å². The zero-order chi connectivity index (χ0) is 19.6. The summed E-state index contributed by atoms with van der Waals surface area (Å²) in [7, 11) is 1.64. The topological polar surface area (TPSA) is 65.5 Å². The molecule has 1 amide bonds. The van der Waals surface area contributed by atoms with Crippen molar-refractivity contribution in [2.45, 2.75) is 19.8 Å². The summed E-state index contributed by atoms with van der Waals surface area (Å²) in [5.74, 6) is 0.205. The van der Waals surface area contributed by atoms with Gasteiger partial charge >= 0.3 is 0 Å². The predicted octanol–water partition coefficient (Wildman–Crippen LogP) is 4.14. The van der Waals surface area contributed by atoms with Gasteiger partial charge in [-0.2, -0.15) is 0 Å². The highest BCUT2D eigenvalue weighted by atomic mass is 127. The maximum atomic E-state index is 13.6. The van der Waals surface area contributed by atoms with Crippen LogP contribution in [0.25, 0.3) is 0 Å². The summed E-state index contributed by atoms with van der Waals surface area (Å²) in [5.41, 5.74) is 2.28. The minimum absolute atomic E-state index is 0. The van der Waals surface area contributed by atoms with Crippen molar-refractivity contribution >= 4 is 53.1 Å². The van der Waals surface area contributed by atoms with Crippen LogP contribution in [-0.2, 0) is 11.2 Å². The van der Waals surface area contributed by atoms with Crippen LogP contribution in [0.1, 0.15) is 17.5 Å². The molecule has 8 heteroatoms. The maximum absolute atomic E-state index is 13.6. The van der Waals surface area contributed by atoms with Crippen molar-refractivity contribution in [3.8, 4) is 0 Å². The van der Waals surface area contributed by atoms with E-state index >= 15 is 0 Å². The van der Waals surface area contributed by atoms with Gasteiger partial charge in [0.2, 0.25) is 5.91 Å². The zero-order valence-corrected chi connectivity index (χ0v) is 19.0. The number of halogens is 3. The fraction of sp³-hybridized carbons (Fsp3) is 0.300. The molecule has 0 saturated carbocycles. The van der Waals surface area contributed by atoms with E-state index in [0.717, 1.165) is 5.56 Å². The lowest BCUT2D eigenvalue weighted by Crippen LogP contribution is -2.39. The SMILES string of the molecule is CN=C(NCCC(=O)Nc1ccc(C)cc1Cl)NCCc1ccccc1F.I. The number of hydrogen-bond donors (Lipinski definition) is 3. The van der Waals surface area contributed by atoms with Gasteiger partial charge in [-0.25, -0.2) is 4.39 Å². The molecule has 0 aromatic heterocycles. The average Bonchev–Trinajstić information content (AvgIpc) is 2.64. The Hall–Kier alpha value is -1.87. The number of amides is 1. The standard InChI is InChI=1S/C20H24ClFN4O.HI/c1-14-7-8-18(16(21)13-14)26-19(27)10-12-25-20(23-2)24-11-9-15-5-3-4-6-17(15)22;/h3-8,13H,9-12H2,1-2H3,(H,26,27)(H2,23,24,25);1H. The summed E-state index contributed by atoms with van der Waals surface area (Å²) < 4.78 is 13.6. The first-order chi connectivity index (χ1) is 13.0. The highest BCUT2D eigenvalue weighted by Crippen LogP contribution is 2.22. The molecule has 0 aliphatic rings. The summed E-state index contributed by atoms with van der Waals surface area (Å²) in [6, 6.07) is 12.2. The number of hydrogen-bond acceptors (Lipinski definition) is 2. The van der Waals surface area contributed by atoms with Crippen molar-refractivity contribution < 1.29 is 9.18 Å².